The molecule has 0 saturated heterocycles. The number of fused-ring (bicyclic) bond motifs is 1. The zero-order chi connectivity index (χ0) is 16.9. The Bertz CT molecular complexity index is 1010. The van der Waals surface area contributed by atoms with Gasteiger partial charge in [0.25, 0.3) is 5.56 Å². The van der Waals surface area contributed by atoms with E-state index in [0.29, 0.717) is 17.5 Å². The lowest BCUT2D eigenvalue weighted by molar-refractivity contribution is 0.340. The minimum atomic E-state index is -0.264. The fourth-order valence-electron chi connectivity index (χ4n) is 2.40. The lowest BCUT2D eigenvalue weighted by Gasteiger charge is -2.04. The van der Waals surface area contributed by atoms with Crippen LogP contribution in [-0.4, -0.2) is 16.6 Å². The number of nitriles is 1. The molecule has 118 valence electrons. The van der Waals surface area contributed by atoms with E-state index >= 15 is 0 Å². The molecule has 0 radical (unpaired) electrons. The normalized spacial score (nSPS) is 11.2. The van der Waals surface area contributed by atoms with Crippen molar-refractivity contribution in [2.24, 2.45) is 0 Å². The number of para-hydroxylation sites is 1. The van der Waals surface area contributed by atoms with E-state index in [4.69, 9.17) is 4.74 Å². The summed E-state index contributed by atoms with van der Waals surface area (Å²) in [6.07, 6.45) is 1.68. The Balaban J connectivity index is 2.07. The Morgan fingerprint density at radius 2 is 2.12 bits per heavy atom. The lowest BCUT2D eigenvalue weighted by Crippen LogP contribution is -2.11. The quantitative estimate of drug-likeness (QED) is 0.748. The van der Waals surface area contributed by atoms with Gasteiger partial charge in [-0.15, -0.1) is 0 Å². The number of rotatable bonds is 4. The number of aromatic nitrogens is 2. The molecule has 0 unspecified atom stereocenters. The van der Waals surface area contributed by atoms with E-state index in [-0.39, 0.29) is 17.0 Å². The topological polar surface area (TPSA) is 78.8 Å². The van der Waals surface area contributed by atoms with Crippen LogP contribution in [0.15, 0.2) is 53.3 Å². The molecular formula is C19H15N3O2. The highest BCUT2D eigenvalue weighted by molar-refractivity contribution is 5.89. The van der Waals surface area contributed by atoms with Gasteiger partial charge in [-0.3, -0.25) is 4.79 Å². The van der Waals surface area contributed by atoms with E-state index in [1.54, 1.807) is 30.3 Å². The minimum absolute atomic E-state index is 0.253. The van der Waals surface area contributed by atoms with Crippen molar-refractivity contribution in [2.45, 2.75) is 6.92 Å². The van der Waals surface area contributed by atoms with Crippen LogP contribution < -0.4 is 10.3 Å². The molecule has 0 atom stereocenters. The number of H-pyrrole nitrogens is 1. The lowest BCUT2D eigenvalue weighted by atomic mass is 10.1. The molecule has 0 fully saturated rings. The van der Waals surface area contributed by atoms with Crippen LogP contribution in [0.1, 0.15) is 18.3 Å². The molecule has 3 aromatic rings. The van der Waals surface area contributed by atoms with Crippen molar-refractivity contribution in [2.75, 3.05) is 6.61 Å². The first kappa shape index (κ1) is 15.5. The summed E-state index contributed by atoms with van der Waals surface area (Å²) in [6.45, 7) is 2.48. The first-order valence-corrected chi connectivity index (χ1v) is 7.55. The van der Waals surface area contributed by atoms with E-state index in [0.717, 1.165) is 11.3 Å². The van der Waals surface area contributed by atoms with Crippen LogP contribution in [0.2, 0.25) is 0 Å². The molecule has 2 aromatic carbocycles. The predicted molar refractivity (Wildman–Crippen MR) is 93.5 cm³/mol. The van der Waals surface area contributed by atoms with Gasteiger partial charge in [-0.05, 0) is 42.8 Å². The van der Waals surface area contributed by atoms with Gasteiger partial charge in [-0.1, -0.05) is 24.3 Å². The molecule has 1 N–H and O–H groups in total. The van der Waals surface area contributed by atoms with Crippen LogP contribution >= 0.6 is 0 Å². The Kier molecular flexibility index (Phi) is 4.39. The molecule has 0 amide bonds. The molecular weight excluding hydrogens is 302 g/mol. The predicted octanol–water partition coefficient (Wildman–Crippen LogP) is 3.39. The summed E-state index contributed by atoms with van der Waals surface area (Å²) in [7, 11) is 0. The van der Waals surface area contributed by atoms with Crippen molar-refractivity contribution in [3.63, 3.8) is 0 Å². The smallest absolute Gasteiger partial charge is 0.259 e. The summed E-state index contributed by atoms with van der Waals surface area (Å²) in [5.74, 6) is 0.978. The summed E-state index contributed by atoms with van der Waals surface area (Å²) in [5, 5.41) is 9.96. The van der Waals surface area contributed by atoms with Crippen molar-refractivity contribution in [3.05, 3.63) is 70.3 Å². The van der Waals surface area contributed by atoms with Gasteiger partial charge in [0, 0.05) is 0 Å². The molecule has 0 saturated carbocycles. The number of allylic oxidation sites excluding steroid dienone is 1. The van der Waals surface area contributed by atoms with Crippen molar-refractivity contribution >= 4 is 22.6 Å². The average molecular weight is 317 g/mol. The monoisotopic (exact) mass is 317 g/mol. The first-order valence-electron chi connectivity index (χ1n) is 7.55. The van der Waals surface area contributed by atoms with Crippen molar-refractivity contribution in [3.8, 4) is 11.8 Å². The SMILES string of the molecule is CCOc1cccc(/C=C(/C#N)c2nc3ccccc3c(=O)[nH]2)c1. The molecule has 5 nitrogen and oxygen atoms in total. The Labute approximate surface area is 138 Å². The number of nitrogens with zero attached hydrogens (tertiary/aromatic N) is 2. The Hall–Kier alpha value is -3.39. The third-order valence-corrected chi connectivity index (χ3v) is 3.47. The highest BCUT2D eigenvalue weighted by Crippen LogP contribution is 2.19. The fraction of sp³-hybridized carbons (Fsp3) is 0.105. The summed E-state index contributed by atoms with van der Waals surface area (Å²) in [4.78, 5) is 19.2. The molecule has 24 heavy (non-hydrogen) atoms. The maximum Gasteiger partial charge on any atom is 0.259 e. The van der Waals surface area contributed by atoms with Gasteiger partial charge in [-0.2, -0.15) is 5.26 Å². The Morgan fingerprint density at radius 1 is 1.29 bits per heavy atom. The third-order valence-electron chi connectivity index (χ3n) is 3.47. The standard InChI is InChI=1S/C19H15N3O2/c1-2-24-15-7-5-6-13(11-15)10-14(12-20)18-21-17-9-4-3-8-16(17)19(23)22-18/h3-11H,2H2,1H3,(H,21,22,23)/b14-10-. The van der Waals surface area contributed by atoms with Gasteiger partial charge < -0.3 is 9.72 Å². The molecule has 0 spiro atoms. The molecule has 1 heterocycles. The van der Waals surface area contributed by atoms with Gasteiger partial charge in [0.2, 0.25) is 0 Å². The third kappa shape index (κ3) is 3.18. The Morgan fingerprint density at radius 3 is 2.92 bits per heavy atom. The number of hydrogen-bond acceptors (Lipinski definition) is 4. The first-order chi connectivity index (χ1) is 11.7. The van der Waals surface area contributed by atoms with Crippen LogP contribution in [-0.2, 0) is 0 Å². The molecule has 0 aliphatic heterocycles. The summed E-state index contributed by atoms with van der Waals surface area (Å²) in [6, 6.07) is 16.5. The van der Waals surface area contributed by atoms with Crippen LogP contribution in [0.3, 0.4) is 0 Å². The largest absolute Gasteiger partial charge is 0.494 e. The molecule has 5 heteroatoms. The molecule has 0 aliphatic rings. The second-order valence-corrected chi connectivity index (χ2v) is 5.11. The number of nitrogens with one attached hydrogen (secondary N) is 1. The van der Waals surface area contributed by atoms with E-state index in [2.05, 4.69) is 16.0 Å². The summed E-state index contributed by atoms with van der Waals surface area (Å²) < 4.78 is 5.46. The second kappa shape index (κ2) is 6.80. The van der Waals surface area contributed by atoms with E-state index < -0.39 is 0 Å². The minimum Gasteiger partial charge on any atom is -0.494 e. The highest BCUT2D eigenvalue weighted by Gasteiger charge is 2.08. The second-order valence-electron chi connectivity index (χ2n) is 5.11. The van der Waals surface area contributed by atoms with Gasteiger partial charge >= 0.3 is 0 Å². The van der Waals surface area contributed by atoms with Crippen LogP contribution in [0.4, 0.5) is 0 Å². The van der Waals surface area contributed by atoms with Crippen LogP contribution in [0.25, 0.3) is 22.6 Å². The van der Waals surface area contributed by atoms with E-state index in [1.807, 2.05) is 31.2 Å². The zero-order valence-electron chi connectivity index (χ0n) is 13.1. The van der Waals surface area contributed by atoms with Gasteiger partial charge in [-0.25, -0.2) is 4.98 Å². The fourth-order valence-corrected chi connectivity index (χ4v) is 2.40. The van der Waals surface area contributed by atoms with E-state index in [1.165, 1.54) is 0 Å². The van der Waals surface area contributed by atoms with Crippen LogP contribution in [0, 0.1) is 11.3 Å². The maximum atomic E-state index is 12.2. The maximum absolute atomic E-state index is 12.2. The zero-order valence-corrected chi connectivity index (χ0v) is 13.1. The van der Waals surface area contributed by atoms with Gasteiger partial charge in [0.1, 0.15) is 11.8 Å². The number of hydrogen-bond donors (Lipinski definition) is 1. The van der Waals surface area contributed by atoms with Crippen molar-refractivity contribution < 1.29 is 4.74 Å². The number of aromatic amines is 1. The number of benzene rings is 2. The summed E-state index contributed by atoms with van der Waals surface area (Å²) in [5.41, 5.74) is 1.38. The molecule has 0 bridgehead atoms. The number of ether oxygens (including phenoxy) is 1. The highest BCUT2D eigenvalue weighted by atomic mass is 16.5. The molecule has 3 rings (SSSR count). The molecule has 1 aromatic heterocycles. The average Bonchev–Trinajstić information content (AvgIpc) is 2.60. The van der Waals surface area contributed by atoms with Gasteiger partial charge in [0.15, 0.2) is 5.82 Å². The molecule has 0 aliphatic carbocycles. The van der Waals surface area contributed by atoms with Crippen molar-refractivity contribution in [1.29, 1.82) is 5.26 Å². The van der Waals surface area contributed by atoms with E-state index in [9.17, 15) is 10.1 Å². The van der Waals surface area contributed by atoms with Crippen LogP contribution in [0.5, 0.6) is 5.75 Å². The summed E-state index contributed by atoms with van der Waals surface area (Å²) >= 11 is 0. The van der Waals surface area contributed by atoms with Gasteiger partial charge in [0.05, 0.1) is 23.1 Å². The van der Waals surface area contributed by atoms with Crippen molar-refractivity contribution in [1.82, 2.24) is 9.97 Å².